The van der Waals surface area contributed by atoms with Gasteiger partial charge in [-0.15, -0.1) is 0 Å². The van der Waals surface area contributed by atoms with Crippen LogP contribution < -0.4 is 5.32 Å². The second kappa shape index (κ2) is 6.07. The van der Waals surface area contributed by atoms with E-state index in [1.807, 2.05) is 0 Å². The van der Waals surface area contributed by atoms with E-state index in [9.17, 15) is 0 Å². The van der Waals surface area contributed by atoms with Gasteiger partial charge >= 0.3 is 0 Å². The summed E-state index contributed by atoms with van der Waals surface area (Å²) in [4.78, 5) is 8.53. The Kier molecular flexibility index (Phi) is 4.44. The molecular formula is C14H16BrN3. The summed E-state index contributed by atoms with van der Waals surface area (Å²) in [5, 5.41) is 3.44. The maximum absolute atomic E-state index is 4.39. The van der Waals surface area contributed by atoms with Gasteiger partial charge in [0.1, 0.15) is 0 Å². The van der Waals surface area contributed by atoms with E-state index in [4.69, 9.17) is 0 Å². The zero-order chi connectivity index (χ0) is 13.0. The van der Waals surface area contributed by atoms with Crippen LogP contribution >= 0.6 is 15.9 Å². The van der Waals surface area contributed by atoms with Gasteiger partial charge in [-0.2, -0.15) is 0 Å². The normalized spacial score (nSPS) is 12.4. The minimum atomic E-state index is 0.0682. The summed E-state index contributed by atoms with van der Waals surface area (Å²) in [7, 11) is 0. The zero-order valence-corrected chi connectivity index (χ0v) is 12.1. The smallest absolute Gasteiger partial charge is 0.0801 e. The molecule has 0 aliphatic heterocycles. The molecule has 0 saturated carbocycles. The Morgan fingerprint density at radius 3 is 2.78 bits per heavy atom. The highest BCUT2D eigenvalue weighted by Crippen LogP contribution is 2.28. The van der Waals surface area contributed by atoms with Gasteiger partial charge in [0.05, 0.1) is 17.9 Å². The molecule has 0 spiro atoms. The highest BCUT2D eigenvalue weighted by molar-refractivity contribution is 9.10. The lowest BCUT2D eigenvalue weighted by Crippen LogP contribution is -2.23. The molecule has 4 heteroatoms. The molecular weight excluding hydrogens is 290 g/mol. The van der Waals surface area contributed by atoms with Crippen molar-refractivity contribution in [3.63, 3.8) is 0 Å². The first-order chi connectivity index (χ1) is 8.72. The van der Waals surface area contributed by atoms with Gasteiger partial charge in [0.2, 0.25) is 0 Å². The molecule has 1 heterocycles. The van der Waals surface area contributed by atoms with Crippen LogP contribution in [0.5, 0.6) is 0 Å². The average molecular weight is 306 g/mol. The van der Waals surface area contributed by atoms with E-state index < -0.39 is 0 Å². The number of aryl methyl sites for hydroxylation is 1. The van der Waals surface area contributed by atoms with Crippen LogP contribution in [0, 0.1) is 6.92 Å². The maximum Gasteiger partial charge on any atom is 0.0801 e. The van der Waals surface area contributed by atoms with Gasteiger partial charge in [0, 0.05) is 16.9 Å². The fourth-order valence-electron chi connectivity index (χ4n) is 1.90. The van der Waals surface area contributed by atoms with Gasteiger partial charge < -0.3 is 5.32 Å². The summed E-state index contributed by atoms with van der Waals surface area (Å²) in [6.45, 7) is 5.05. The van der Waals surface area contributed by atoms with E-state index in [-0.39, 0.29) is 6.04 Å². The lowest BCUT2D eigenvalue weighted by Gasteiger charge is -2.19. The Morgan fingerprint density at radius 2 is 2.17 bits per heavy atom. The molecule has 2 rings (SSSR count). The van der Waals surface area contributed by atoms with Crippen LogP contribution in [0.1, 0.15) is 29.8 Å². The van der Waals surface area contributed by atoms with Crippen molar-refractivity contribution in [2.24, 2.45) is 0 Å². The second-order valence-electron chi connectivity index (χ2n) is 4.15. The summed E-state index contributed by atoms with van der Waals surface area (Å²) in [5.41, 5.74) is 3.35. The molecule has 1 N–H and O–H groups in total. The van der Waals surface area contributed by atoms with Crippen molar-refractivity contribution < 1.29 is 0 Å². The van der Waals surface area contributed by atoms with Crippen LogP contribution in [0.3, 0.4) is 0 Å². The molecule has 0 radical (unpaired) electrons. The minimum absolute atomic E-state index is 0.0682. The van der Waals surface area contributed by atoms with Gasteiger partial charge in [-0.3, -0.25) is 9.97 Å². The lowest BCUT2D eigenvalue weighted by atomic mass is 10.0. The maximum atomic E-state index is 4.39. The fourth-order valence-corrected chi connectivity index (χ4v) is 2.63. The third-order valence-corrected chi connectivity index (χ3v) is 3.44. The number of nitrogens with one attached hydrogen (secondary N) is 1. The topological polar surface area (TPSA) is 37.8 Å². The van der Waals surface area contributed by atoms with E-state index >= 15 is 0 Å². The lowest BCUT2D eigenvalue weighted by molar-refractivity contribution is 0.610. The van der Waals surface area contributed by atoms with Gasteiger partial charge in [-0.1, -0.05) is 35.0 Å². The van der Waals surface area contributed by atoms with Gasteiger partial charge in [0.15, 0.2) is 0 Å². The molecule has 0 bridgehead atoms. The quantitative estimate of drug-likeness (QED) is 0.942. The summed E-state index contributed by atoms with van der Waals surface area (Å²) in [6.07, 6.45) is 5.22. The fraction of sp³-hybridized carbons (Fsp3) is 0.286. The largest absolute Gasteiger partial charge is 0.305 e. The molecule has 0 fully saturated rings. The molecule has 1 aromatic carbocycles. The number of aromatic nitrogens is 2. The van der Waals surface area contributed by atoms with E-state index in [2.05, 4.69) is 63.3 Å². The first-order valence-electron chi connectivity index (χ1n) is 5.97. The molecule has 1 aromatic heterocycles. The first kappa shape index (κ1) is 13.2. The first-order valence-corrected chi connectivity index (χ1v) is 6.77. The van der Waals surface area contributed by atoms with Crippen molar-refractivity contribution in [3.05, 3.63) is 58.1 Å². The van der Waals surface area contributed by atoms with E-state index in [0.29, 0.717) is 0 Å². The molecule has 1 unspecified atom stereocenters. The number of hydrogen-bond donors (Lipinski definition) is 1. The Hall–Kier alpha value is -1.26. The third-order valence-electron chi connectivity index (χ3n) is 2.75. The van der Waals surface area contributed by atoms with Crippen molar-refractivity contribution >= 4 is 15.9 Å². The van der Waals surface area contributed by atoms with Crippen LogP contribution in [-0.2, 0) is 0 Å². The minimum Gasteiger partial charge on any atom is -0.305 e. The third kappa shape index (κ3) is 2.94. The highest BCUT2D eigenvalue weighted by atomic mass is 79.9. The van der Waals surface area contributed by atoms with Crippen molar-refractivity contribution in [2.45, 2.75) is 19.9 Å². The van der Waals surface area contributed by atoms with Gasteiger partial charge in [-0.05, 0) is 30.7 Å². The van der Waals surface area contributed by atoms with Crippen molar-refractivity contribution in [2.75, 3.05) is 6.54 Å². The Labute approximate surface area is 116 Å². The monoisotopic (exact) mass is 305 g/mol. The summed E-state index contributed by atoms with van der Waals surface area (Å²) in [5.74, 6) is 0. The summed E-state index contributed by atoms with van der Waals surface area (Å²) < 4.78 is 1.10. The molecule has 2 aromatic rings. The molecule has 0 aliphatic carbocycles. The molecule has 1 atom stereocenters. The standard InChI is InChI=1S/C14H16BrN3/c1-3-17-14(13-9-16-6-7-18-13)11-5-4-10(2)8-12(11)15/h4-9,14,17H,3H2,1-2H3. The van der Waals surface area contributed by atoms with Crippen LogP contribution in [0.2, 0.25) is 0 Å². The average Bonchev–Trinajstić information content (AvgIpc) is 2.38. The van der Waals surface area contributed by atoms with Gasteiger partial charge in [-0.25, -0.2) is 0 Å². The number of nitrogens with zero attached hydrogens (tertiary/aromatic N) is 2. The number of hydrogen-bond acceptors (Lipinski definition) is 3. The Bertz CT molecular complexity index is 514. The van der Waals surface area contributed by atoms with E-state index in [1.54, 1.807) is 18.6 Å². The van der Waals surface area contributed by atoms with Crippen LogP contribution in [0.25, 0.3) is 0 Å². The number of benzene rings is 1. The zero-order valence-electron chi connectivity index (χ0n) is 10.5. The number of halogens is 1. The summed E-state index contributed by atoms with van der Waals surface area (Å²) >= 11 is 3.63. The van der Waals surface area contributed by atoms with Crippen LogP contribution in [0.15, 0.2) is 41.3 Å². The second-order valence-corrected chi connectivity index (χ2v) is 5.00. The number of rotatable bonds is 4. The highest BCUT2D eigenvalue weighted by Gasteiger charge is 2.17. The molecule has 0 saturated heterocycles. The van der Waals surface area contributed by atoms with Gasteiger partial charge in [0.25, 0.3) is 0 Å². The van der Waals surface area contributed by atoms with E-state index in [1.165, 1.54) is 11.1 Å². The van der Waals surface area contributed by atoms with Crippen molar-refractivity contribution in [1.29, 1.82) is 0 Å². The molecule has 94 valence electrons. The molecule has 0 aliphatic rings. The molecule has 18 heavy (non-hydrogen) atoms. The van der Waals surface area contributed by atoms with E-state index in [0.717, 1.165) is 16.7 Å². The SMILES string of the molecule is CCNC(c1cnccn1)c1ccc(C)cc1Br. The van der Waals surface area contributed by atoms with Crippen LogP contribution in [-0.4, -0.2) is 16.5 Å². The Balaban J connectivity index is 2.41. The molecule has 3 nitrogen and oxygen atoms in total. The predicted molar refractivity (Wildman–Crippen MR) is 76.4 cm³/mol. The Morgan fingerprint density at radius 1 is 1.33 bits per heavy atom. The van der Waals surface area contributed by atoms with Crippen molar-refractivity contribution in [1.82, 2.24) is 15.3 Å². The molecule has 0 amide bonds. The predicted octanol–water partition coefficient (Wildman–Crippen LogP) is 3.25. The summed E-state index contributed by atoms with van der Waals surface area (Å²) in [6, 6.07) is 6.43. The van der Waals surface area contributed by atoms with Crippen molar-refractivity contribution in [3.8, 4) is 0 Å². The van der Waals surface area contributed by atoms with Crippen LogP contribution in [0.4, 0.5) is 0 Å².